The third-order valence-electron chi connectivity index (χ3n) is 2.96. The molecule has 104 valence electrons. The minimum Gasteiger partial charge on any atom is -0.398 e. The molecule has 2 aromatic carbocycles. The van der Waals surface area contributed by atoms with Crippen molar-refractivity contribution in [2.75, 3.05) is 12.3 Å². The summed E-state index contributed by atoms with van der Waals surface area (Å²) in [5, 5.41) is 12.4. The average molecular weight is 291 g/mol. The number of amides is 1. The van der Waals surface area contributed by atoms with Gasteiger partial charge in [-0.05, 0) is 17.7 Å². The van der Waals surface area contributed by atoms with Gasteiger partial charge >= 0.3 is 0 Å². The van der Waals surface area contributed by atoms with Crippen LogP contribution in [-0.2, 0) is 0 Å². The van der Waals surface area contributed by atoms with E-state index in [0.717, 1.165) is 5.56 Å². The molecule has 0 heterocycles. The minimum absolute atomic E-state index is 0.199. The van der Waals surface area contributed by atoms with Crippen molar-refractivity contribution in [1.29, 1.82) is 0 Å². The van der Waals surface area contributed by atoms with Crippen LogP contribution >= 0.6 is 11.6 Å². The van der Waals surface area contributed by atoms with Crippen LogP contribution in [-0.4, -0.2) is 17.6 Å². The van der Waals surface area contributed by atoms with Gasteiger partial charge in [0, 0.05) is 0 Å². The van der Waals surface area contributed by atoms with Crippen molar-refractivity contribution in [3.05, 3.63) is 64.7 Å². The van der Waals surface area contributed by atoms with E-state index in [4.69, 9.17) is 17.3 Å². The standard InChI is InChI=1S/C15H15ClN2O2/c16-14-11(7-4-8-12(14)17)15(20)18-13(9-19)10-5-2-1-3-6-10/h1-8,13,19H,9,17H2,(H,18,20)/t13-/m1/s1. The predicted octanol–water partition coefficient (Wildman–Crippen LogP) is 2.39. The molecule has 0 aliphatic heterocycles. The number of aliphatic hydroxyl groups excluding tert-OH is 1. The van der Waals surface area contributed by atoms with Crippen molar-refractivity contribution in [2.45, 2.75) is 6.04 Å². The zero-order valence-corrected chi connectivity index (χ0v) is 11.5. The summed E-state index contributed by atoms with van der Waals surface area (Å²) in [4.78, 5) is 12.2. The lowest BCUT2D eigenvalue weighted by atomic mass is 10.1. The Morgan fingerprint density at radius 1 is 1.20 bits per heavy atom. The predicted molar refractivity (Wildman–Crippen MR) is 79.6 cm³/mol. The van der Waals surface area contributed by atoms with Gasteiger partial charge < -0.3 is 16.2 Å². The molecule has 0 fully saturated rings. The first-order valence-electron chi connectivity index (χ1n) is 6.14. The Balaban J connectivity index is 2.20. The quantitative estimate of drug-likeness (QED) is 0.757. The topological polar surface area (TPSA) is 75.4 Å². The summed E-state index contributed by atoms with van der Waals surface area (Å²) in [6.07, 6.45) is 0. The maximum absolute atomic E-state index is 12.2. The fourth-order valence-electron chi connectivity index (χ4n) is 1.88. The van der Waals surface area contributed by atoms with Crippen LogP contribution in [0.1, 0.15) is 22.0 Å². The Kier molecular flexibility index (Phi) is 4.61. The van der Waals surface area contributed by atoms with Gasteiger partial charge in [0.15, 0.2) is 0 Å². The number of hydrogen-bond acceptors (Lipinski definition) is 3. The van der Waals surface area contributed by atoms with Crippen molar-refractivity contribution in [3.8, 4) is 0 Å². The molecule has 1 atom stereocenters. The van der Waals surface area contributed by atoms with Crippen LogP contribution in [0, 0.1) is 0 Å². The zero-order valence-electron chi connectivity index (χ0n) is 10.7. The SMILES string of the molecule is Nc1cccc(C(=O)N[C@H](CO)c2ccccc2)c1Cl. The second-order valence-corrected chi connectivity index (χ2v) is 4.71. The molecule has 0 aliphatic rings. The molecule has 0 saturated carbocycles. The molecule has 0 spiro atoms. The van der Waals surface area contributed by atoms with E-state index >= 15 is 0 Å². The molecule has 2 aromatic rings. The van der Waals surface area contributed by atoms with E-state index in [-0.39, 0.29) is 17.5 Å². The van der Waals surface area contributed by atoms with Gasteiger partial charge in [-0.2, -0.15) is 0 Å². The number of carbonyl (C=O) groups excluding carboxylic acids is 1. The molecule has 5 heteroatoms. The number of carbonyl (C=O) groups is 1. The highest BCUT2D eigenvalue weighted by Gasteiger charge is 2.17. The number of hydrogen-bond donors (Lipinski definition) is 3. The van der Waals surface area contributed by atoms with Crippen molar-refractivity contribution in [2.24, 2.45) is 0 Å². The van der Waals surface area contributed by atoms with E-state index in [1.54, 1.807) is 18.2 Å². The molecule has 0 aromatic heterocycles. The number of halogens is 1. The normalized spacial score (nSPS) is 11.9. The molecular weight excluding hydrogens is 276 g/mol. The van der Waals surface area contributed by atoms with Crippen molar-refractivity contribution < 1.29 is 9.90 Å². The molecular formula is C15H15ClN2O2. The van der Waals surface area contributed by atoms with Crippen LogP contribution in [0.25, 0.3) is 0 Å². The van der Waals surface area contributed by atoms with Gasteiger partial charge in [0.2, 0.25) is 0 Å². The van der Waals surface area contributed by atoms with Crippen LogP contribution in [0.4, 0.5) is 5.69 Å². The van der Waals surface area contributed by atoms with E-state index in [0.29, 0.717) is 11.3 Å². The Hall–Kier alpha value is -2.04. The maximum Gasteiger partial charge on any atom is 0.253 e. The number of nitrogens with one attached hydrogen (secondary N) is 1. The fraction of sp³-hybridized carbons (Fsp3) is 0.133. The minimum atomic E-state index is -0.485. The summed E-state index contributed by atoms with van der Waals surface area (Å²) in [6.45, 7) is -0.199. The summed E-state index contributed by atoms with van der Waals surface area (Å²) in [5.74, 6) is -0.370. The molecule has 2 rings (SSSR count). The lowest BCUT2D eigenvalue weighted by Crippen LogP contribution is -2.31. The van der Waals surface area contributed by atoms with Crippen LogP contribution in [0.3, 0.4) is 0 Å². The first-order chi connectivity index (χ1) is 9.63. The van der Waals surface area contributed by atoms with Crippen LogP contribution in [0.15, 0.2) is 48.5 Å². The highest BCUT2D eigenvalue weighted by molar-refractivity contribution is 6.36. The van der Waals surface area contributed by atoms with Gasteiger partial charge in [0.05, 0.1) is 28.9 Å². The van der Waals surface area contributed by atoms with Gasteiger partial charge in [0.25, 0.3) is 5.91 Å². The molecule has 20 heavy (non-hydrogen) atoms. The molecule has 0 radical (unpaired) electrons. The summed E-state index contributed by atoms with van der Waals surface area (Å²) in [7, 11) is 0. The molecule has 0 saturated heterocycles. The summed E-state index contributed by atoms with van der Waals surface area (Å²) >= 11 is 6.01. The molecule has 4 nitrogen and oxygen atoms in total. The van der Waals surface area contributed by atoms with E-state index in [9.17, 15) is 9.90 Å². The number of aliphatic hydroxyl groups is 1. The molecule has 4 N–H and O–H groups in total. The second-order valence-electron chi connectivity index (χ2n) is 4.33. The largest absolute Gasteiger partial charge is 0.398 e. The van der Waals surface area contributed by atoms with E-state index in [1.165, 1.54) is 0 Å². The average Bonchev–Trinajstić information content (AvgIpc) is 2.48. The van der Waals surface area contributed by atoms with Crippen LogP contribution in [0.5, 0.6) is 0 Å². The lowest BCUT2D eigenvalue weighted by Gasteiger charge is -2.17. The number of nitrogens with two attached hydrogens (primary N) is 1. The Labute approximate surface area is 122 Å². The van der Waals surface area contributed by atoms with E-state index in [1.807, 2.05) is 30.3 Å². The Morgan fingerprint density at radius 2 is 1.90 bits per heavy atom. The summed E-state index contributed by atoms with van der Waals surface area (Å²) in [5.41, 5.74) is 7.13. The molecule has 1 amide bonds. The Bertz CT molecular complexity index is 602. The van der Waals surface area contributed by atoms with Gasteiger partial charge in [-0.15, -0.1) is 0 Å². The first kappa shape index (κ1) is 14.4. The maximum atomic E-state index is 12.2. The monoisotopic (exact) mass is 290 g/mol. The van der Waals surface area contributed by atoms with E-state index < -0.39 is 6.04 Å². The number of benzene rings is 2. The number of rotatable bonds is 4. The molecule has 0 bridgehead atoms. The highest BCUT2D eigenvalue weighted by atomic mass is 35.5. The van der Waals surface area contributed by atoms with Gasteiger partial charge in [-0.25, -0.2) is 0 Å². The number of anilines is 1. The van der Waals surface area contributed by atoms with Crippen LogP contribution in [0.2, 0.25) is 5.02 Å². The zero-order chi connectivity index (χ0) is 14.5. The number of nitrogen functional groups attached to an aromatic ring is 1. The van der Waals surface area contributed by atoms with Crippen LogP contribution < -0.4 is 11.1 Å². The fourth-order valence-corrected chi connectivity index (χ4v) is 2.09. The second kappa shape index (κ2) is 6.41. The van der Waals surface area contributed by atoms with Crippen molar-refractivity contribution in [3.63, 3.8) is 0 Å². The lowest BCUT2D eigenvalue weighted by molar-refractivity contribution is 0.0916. The third-order valence-corrected chi connectivity index (χ3v) is 3.38. The van der Waals surface area contributed by atoms with Gasteiger partial charge in [-0.3, -0.25) is 4.79 Å². The summed E-state index contributed by atoms with van der Waals surface area (Å²) < 4.78 is 0. The van der Waals surface area contributed by atoms with Crippen molar-refractivity contribution >= 4 is 23.2 Å². The van der Waals surface area contributed by atoms with Gasteiger partial charge in [-0.1, -0.05) is 48.0 Å². The first-order valence-corrected chi connectivity index (χ1v) is 6.52. The van der Waals surface area contributed by atoms with Gasteiger partial charge in [0.1, 0.15) is 0 Å². The third kappa shape index (κ3) is 3.10. The molecule has 0 unspecified atom stereocenters. The summed E-state index contributed by atoms with van der Waals surface area (Å²) in [6, 6.07) is 13.6. The highest BCUT2D eigenvalue weighted by Crippen LogP contribution is 2.23. The molecule has 0 aliphatic carbocycles. The Morgan fingerprint density at radius 3 is 2.55 bits per heavy atom. The van der Waals surface area contributed by atoms with E-state index in [2.05, 4.69) is 5.32 Å². The smallest absolute Gasteiger partial charge is 0.253 e. The van der Waals surface area contributed by atoms with Crippen molar-refractivity contribution in [1.82, 2.24) is 5.32 Å².